The first kappa shape index (κ1) is 20.1. The molecule has 0 bridgehead atoms. The fourth-order valence-electron chi connectivity index (χ4n) is 3.91. The largest absolute Gasteiger partial charge is 0.356 e. The van der Waals surface area contributed by atoms with Gasteiger partial charge in [-0.2, -0.15) is 0 Å². The molecule has 0 aromatic heterocycles. The number of rotatable bonds is 7. The molecular weight excluding hydrogens is 360 g/mol. The first-order chi connectivity index (χ1) is 13.0. The maximum atomic E-state index is 12.7. The van der Waals surface area contributed by atoms with Crippen molar-refractivity contribution in [1.29, 1.82) is 0 Å². The van der Waals surface area contributed by atoms with Gasteiger partial charge in [0.2, 0.25) is 15.9 Å². The highest BCUT2D eigenvalue weighted by molar-refractivity contribution is 7.88. The third-order valence-corrected chi connectivity index (χ3v) is 7.29. The minimum atomic E-state index is -3.40. The number of sulfonamides is 1. The Kier molecular flexibility index (Phi) is 7.07. The molecule has 27 heavy (non-hydrogen) atoms. The third-order valence-electron chi connectivity index (χ3n) is 5.47. The van der Waals surface area contributed by atoms with Crippen LogP contribution in [0.2, 0.25) is 0 Å². The number of carbonyl (C=O) groups excluding carboxylic acids is 1. The predicted octanol–water partition coefficient (Wildman–Crippen LogP) is 3.24. The Morgan fingerprint density at radius 1 is 1.15 bits per heavy atom. The van der Waals surface area contributed by atoms with E-state index in [9.17, 15) is 13.2 Å². The van der Waals surface area contributed by atoms with E-state index in [1.54, 1.807) is 0 Å². The molecular formula is C21H30N2O3S. The fraction of sp³-hybridized carbons (Fsp3) is 0.571. The van der Waals surface area contributed by atoms with Gasteiger partial charge in [0.05, 0.1) is 11.7 Å². The Hall–Kier alpha value is -1.66. The zero-order valence-electron chi connectivity index (χ0n) is 15.9. The van der Waals surface area contributed by atoms with Crippen molar-refractivity contribution >= 4 is 15.9 Å². The number of hydrogen-bond donors (Lipinski definition) is 1. The number of carbonyl (C=O) groups is 1. The minimum Gasteiger partial charge on any atom is -0.356 e. The molecule has 0 saturated carbocycles. The van der Waals surface area contributed by atoms with Crippen LogP contribution in [0.3, 0.4) is 0 Å². The second kappa shape index (κ2) is 9.51. The van der Waals surface area contributed by atoms with Crippen molar-refractivity contribution in [3.63, 3.8) is 0 Å². The Balaban J connectivity index is 1.50. The molecule has 1 amide bonds. The summed E-state index contributed by atoms with van der Waals surface area (Å²) in [6.45, 7) is 1.45. The van der Waals surface area contributed by atoms with E-state index in [4.69, 9.17) is 0 Å². The Morgan fingerprint density at radius 3 is 2.70 bits per heavy atom. The van der Waals surface area contributed by atoms with Gasteiger partial charge >= 0.3 is 0 Å². The summed E-state index contributed by atoms with van der Waals surface area (Å²) in [5, 5.41) is 3.02. The van der Waals surface area contributed by atoms with Gasteiger partial charge in [-0.25, -0.2) is 12.7 Å². The standard InChI is InChI=1S/C21H30N2O3S/c24-21(22-14-13-18-8-3-1-4-9-18)20-12-7-15-23(16-20)27(25,26)17-19-10-5-2-6-11-19/h2,5-6,8,10-11,20H,1,3-4,7,9,12-17H2,(H,22,24)/t20-/m1/s1. The SMILES string of the molecule is O=C(NCCC1=CCCCC1)[C@@H]1CCCN(S(=O)(=O)Cc2ccccc2)C1. The maximum Gasteiger partial charge on any atom is 0.224 e. The average molecular weight is 391 g/mol. The van der Waals surface area contributed by atoms with Crippen molar-refractivity contribution in [2.75, 3.05) is 19.6 Å². The van der Waals surface area contributed by atoms with Gasteiger partial charge in [-0.3, -0.25) is 4.79 Å². The first-order valence-corrected chi connectivity index (χ1v) is 11.6. The summed E-state index contributed by atoms with van der Waals surface area (Å²) in [4.78, 5) is 12.5. The molecule has 2 aliphatic rings. The van der Waals surface area contributed by atoms with Gasteiger partial charge in [0.25, 0.3) is 0 Å². The number of piperidine rings is 1. The zero-order valence-corrected chi connectivity index (χ0v) is 16.7. The highest BCUT2D eigenvalue weighted by Gasteiger charge is 2.32. The lowest BCUT2D eigenvalue weighted by atomic mass is 9.96. The van der Waals surface area contributed by atoms with Crippen LogP contribution in [0.1, 0.15) is 50.5 Å². The van der Waals surface area contributed by atoms with Gasteiger partial charge in [0.1, 0.15) is 0 Å². The molecule has 1 aliphatic carbocycles. The van der Waals surface area contributed by atoms with E-state index in [1.807, 2.05) is 30.3 Å². The number of nitrogens with zero attached hydrogens (tertiary/aromatic N) is 1. The molecule has 5 nitrogen and oxygen atoms in total. The lowest BCUT2D eigenvalue weighted by Crippen LogP contribution is -2.45. The summed E-state index contributed by atoms with van der Waals surface area (Å²) >= 11 is 0. The van der Waals surface area contributed by atoms with Crippen LogP contribution in [0.25, 0.3) is 0 Å². The van der Waals surface area contributed by atoms with E-state index in [0.29, 0.717) is 19.6 Å². The smallest absolute Gasteiger partial charge is 0.224 e. The van der Waals surface area contributed by atoms with Crippen molar-refractivity contribution in [2.24, 2.45) is 5.92 Å². The molecule has 1 fully saturated rings. The highest BCUT2D eigenvalue weighted by Crippen LogP contribution is 2.22. The summed E-state index contributed by atoms with van der Waals surface area (Å²) < 4.78 is 27.0. The molecule has 1 saturated heterocycles. The Bertz CT molecular complexity index is 759. The molecule has 148 valence electrons. The highest BCUT2D eigenvalue weighted by atomic mass is 32.2. The molecule has 1 aromatic rings. The molecule has 6 heteroatoms. The van der Waals surface area contributed by atoms with Gasteiger partial charge < -0.3 is 5.32 Å². The summed E-state index contributed by atoms with van der Waals surface area (Å²) in [6.07, 6.45) is 9.51. The Labute approximate surface area is 162 Å². The molecule has 1 aliphatic heterocycles. The number of amides is 1. The summed E-state index contributed by atoms with van der Waals surface area (Å²) in [6, 6.07) is 9.22. The normalized spacial score (nSPS) is 21.5. The van der Waals surface area contributed by atoms with Gasteiger partial charge in [-0.05, 0) is 50.5 Å². The van der Waals surface area contributed by atoms with Crippen molar-refractivity contribution in [3.8, 4) is 0 Å². The van der Waals surface area contributed by atoms with Crippen LogP contribution < -0.4 is 5.32 Å². The number of allylic oxidation sites excluding steroid dienone is 1. The number of hydrogen-bond acceptors (Lipinski definition) is 3. The molecule has 0 unspecified atom stereocenters. The van der Waals surface area contributed by atoms with Gasteiger partial charge in [-0.15, -0.1) is 0 Å². The van der Waals surface area contributed by atoms with E-state index in [-0.39, 0.29) is 17.6 Å². The van der Waals surface area contributed by atoms with Crippen molar-refractivity contribution in [2.45, 2.75) is 50.7 Å². The maximum absolute atomic E-state index is 12.7. The van der Waals surface area contributed by atoms with E-state index < -0.39 is 10.0 Å². The van der Waals surface area contributed by atoms with Crippen molar-refractivity contribution < 1.29 is 13.2 Å². The summed E-state index contributed by atoms with van der Waals surface area (Å²) in [7, 11) is -3.40. The molecule has 1 atom stereocenters. The number of benzene rings is 1. The molecule has 0 spiro atoms. The van der Waals surface area contributed by atoms with E-state index in [1.165, 1.54) is 22.7 Å². The van der Waals surface area contributed by atoms with Gasteiger partial charge in [-0.1, -0.05) is 42.0 Å². The second-order valence-electron chi connectivity index (χ2n) is 7.59. The molecule has 1 N–H and O–H groups in total. The summed E-state index contributed by atoms with van der Waals surface area (Å²) in [5.74, 6) is -0.258. The van der Waals surface area contributed by atoms with E-state index in [0.717, 1.165) is 37.7 Å². The lowest BCUT2D eigenvalue weighted by molar-refractivity contribution is -0.126. The first-order valence-electron chi connectivity index (χ1n) is 10.0. The van der Waals surface area contributed by atoms with Crippen LogP contribution in [-0.4, -0.2) is 38.3 Å². The lowest BCUT2D eigenvalue weighted by Gasteiger charge is -2.31. The van der Waals surface area contributed by atoms with Crippen LogP contribution in [-0.2, 0) is 20.6 Å². The zero-order chi connectivity index (χ0) is 19.1. The molecule has 1 heterocycles. The molecule has 3 rings (SSSR count). The van der Waals surface area contributed by atoms with Crippen LogP contribution in [0.5, 0.6) is 0 Å². The van der Waals surface area contributed by atoms with Crippen LogP contribution >= 0.6 is 0 Å². The Morgan fingerprint density at radius 2 is 1.96 bits per heavy atom. The van der Waals surface area contributed by atoms with Crippen molar-refractivity contribution in [3.05, 3.63) is 47.5 Å². The quantitative estimate of drug-likeness (QED) is 0.727. The average Bonchev–Trinajstić information content (AvgIpc) is 2.69. The third kappa shape index (κ3) is 5.91. The topological polar surface area (TPSA) is 66.5 Å². The summed E-state index contributed by atoms with van der Waals surface area (Å²) in [5.41, 5.74) is 2.22. The van der Waals surface area contributed by atoms with E-state index >= 15 is 0 Å². The second-order valence-corrected chi connectivity index (χ2v) is 9.56. The molecule has 1 aromatic carbocycles. The van der Waals surface area contributed by atoms with Crippen LogP contribution in [0.4, 0.5) is 0 Å². The van der Waals surface area contributed by atoms with Gasteiger partial charge in [0, 0.05) is 19.6 Å². The van der Waals surface area contributed by atoms with Gasteiger partial charge in [0.15, 0.2) is 0 Å². The minimum absolute atomic E-state index is 0.00364. The molecule has 0 radical (unpaired) electrons. The van der Waals surface area contributed by atoms with Crippen molar-refractivity contribution in [1.82, 2.24) is 9.62 Å². The predicted molar refractivity (Wildman–Crippen MR) is 108 cm³/mol. The van der Waals surface area contributed by atoms with Crippen LogP contribution in [0.15, 0.2) is 42.0 Å². The monoisotopic (exact) mass is 390 g/mol. The number of nitrogens with one attached hydrogen (secondary N) is 1. The van der Waals surface area contributed by atoms with Crippen LogP contribution in [0, 0.1) is 5.92 Å². The van der Waals surface area contributed by atoms with E-state index in [2.05, 4.69) is 11.4 Å². The fourth-order valence-corrected chi connectivity index (χ4v) is 5.52.